The molecule has 25 heavy (non-hydrogen) atoms. The van der Waals surface area contributed by atoms with E-state index in [0.29, 0.717) is 25.6 Å². The van der Waals surface area contributed by atoms with E-state index in [1.165, 1.54) is 0 Å². The van der Waals surface area contributed by atoms with Gasteiger partial charge in [-0.05, 0) is 37.6 Å². The number of piperazine rings is 1. The molecular weight excluding hydrogens is 314 g/mol. The fourth-order valence-corrected chi connectivity index (χ4v) is 3.25. The molecule has 0 aliphatic carbocycles. The van der Waals surface area contributed by atoms with E-state index < -0.39 is 0 Å². The quantitative estimate of drug-likeness (QED) is 0.788. The van der Waals surface area contributed by atoms with E-state index >= 15 is 0 Å². The van der Waals surface area contributed by atoms with Crippen LogP contribution in [0.15, 0.2) is 24.5 Å². The van der Waals surface area contributed by atoms with Gasteiger partial charge in [0.1, 0.15) is 6.04 Å². The second-order valence-electron chi connectivity index (χ2n) is 7.11. The van der Waals surface area contributed by atoms with Crippen molar-refractivity contribution in [3.63, 3.8) is 0 Å². The lowest BCUT2D eigenvalue weighted by molar-refractivity contribution is -0.134. The SMILES string of the molecule is CC(C)[C@@H](C#N)N1CCN(C(=O)CN(C)[C@H](C)c2ccncc2)CC1. The maximum absolute atomic E-state index is 12.6. The summed E-state index contributed by atoms with van der Waals surface area (Å²) >= 11 is 0. The van der Waals surface area contributed by atoms with E-state index in [2.05, 4.69) is 41.6 Å². The molecule has 1 amide bonds. The molecule has 1 fully saturated rings. The van der Waals surface area contributed by atoms with E-state index in [4.69, 9.17) is 0 Å². The van der Waals surface area contributed by atoms with Crippen molar-refractivity contribution in [3.8, 4) is 6.07 Å². The highest BCUT2D eigenvalue weighted by molar-refractivity contribution is 5.78. The molecule has 1 aliphatic heterocycles. The van der Waals surface area contributed by atoms with Gasteiger partial charge in [-0.25, -0.2) is 0 Å². The molecule has 2 atom stereocenters. The van der Waals surface area contributed by atoms with Crippen molar-refractivity contribution in [1.82, 2.24) is 19.7 Å². The van der Waals surface area contributed by atoms with Gasteiger partial charge < -0.3 is 4.90 Å². The standard InChI is InChI=1S/C19H29N5O/c1-15(2)18(13-20)23-9-11-24(12-10-23)19(25)14-22(4)16(3)17-5-7-21-8-6-17/h5-8,15-16,18H,9-12,14H2,1-4H3/t16-,18-/m1/s1. The first kappa shape index (κ1) is 19.4. The molecule has 6 heteroatoms. The van der Waals surface area contributed by atoms with E-state index in [-0.39, 0.29) is 18.0 Å². The molecule has 1 saturated heterocycles. The normalized spacial score (nSPS) is 18.2. The Kier molecular flexibility index (Phi) is 6.91. The summed E-state index contributed by atoms with van der Waals surface area (Å²) in [7, 11) is 1.98. The Labute approximate surface area is 151 Å². The Balaban J connectivity index is 1.85. The molecule has 0 unspecified atom stereocenters. The summed E-state index contributed by atoms with van der Waals surface area (Å²) in [5, 5.41) is 9.33. The van der Waals surface area contributed by atoms with Gasteiger partial charge in [-0.3, -0.25) is 19.6 Å². The molecule has 0 saturated carbocycles. The molecule has 2 heterocycles. The molecule has 0 aromatic carbocycles. The number of amides is 1. The molecule has 1 aliphatic rings. The second kappa shape index (κ2) is 8.93. The maximum Gasteiger partial charge on any atom is 0.236 e. The van der Waals surface area contributed by atoms with Crippen molar-refractivity contribution >= 4 is 5.91 Å². The Bertz CT molecular complexity index is 590. The molecule has 2 rings (SSSR count). The first-order valence-corrected chi connectivity index (χ1v) is 8.95. The van der Waals surface area contributed by atoms with Crippen LogP contribution in [-0.4, -0.2) is 71.4 Å². The molecule has 0 N–H and O–H groups in total. The zero-order valence-electron chi connectivity index (χ0n) is 15.7. The zero-order valence-corrected chi connectivity index (χ0v) is 15.7. The lowest BCUT2D eigenvalue weighted by Crippen LogP contribution is -2.54. The average Bonchev–Trinajstić information content (AvgIpc) is 2.62. The largest absolute Gasteiger partial charge is 0.339 e. The number of rotatable bonds is 6. The Hall–Kier alpha value is -1.97. The molecule has 0 spiro atoms. The number of pyridine rings is 1. The van der Waals surface area contributed by atoms with Gasteiger partial charge >= 0.3 is 0 Å². The van der Waals surface area contributed by atoms with Crippen LogP contribution in [0.3, 0.4) is 0 Å². The minimum atomic E-state index is -0.0633. The molecule has 1 aromatic heterocycles. The van der Waals surface area contributed by atoms with Crippen LogP contribution in [0, 0.1) is 17.2 Å². The molecule has 6 nitrogen and oxygen atoms in total. The predicted octanol–water partition coefficient (Wildman–Crippen LogP) is 1.77. The fourth-order valence-electron chi connectivity index (χ4n) is 3.25. The lowest BCUT2D eigenvalue weighted by Gasteiger charge is -2.39. The van der Waals surface area contributed by atoms with Gasteiger partial charge in [-0.15, -0.1) is 0 Å². The van der Waals surface area contributed by atoms with Crippen LogP contribution in [0.2, 0.25) is 0 Å². The van der Waals surface area contributed by atoms with Crippen LogP contribution in [0.4, 0.5) is 0 Å². The minimum absolute atomic E-state index is 0.0633. The number of aromatic nitrogens is 1. The topological polar surface area (TPSA) is 63.5 Å². The van der Waals surface area contributed by atoms with Gasteiger partial charge in [0.15, 0.2) is 0 Å². The number of nitriles is 1. The van der Waals surface area contributed by atoms with Crippen molar-refractivity contribution in [3.05, 3.63) is 30.1 Å². The highest BCUT2D eigenvalue weighted by Gasteiger charge is 2.28. The predicted molar refractivity (Wildman–Crippen MR) is 97.7 cm³/mol. The van der Waals surface area contributed by atoms with Crippen molar-refractivity contribution in [2.24, 2.45) is 5.92 Å². The first-order valence-electron chi connectivity index (χ1n) is 8.95. The monoisotopic (exact) mass is 343 g/mol. The van der Waals surface area contributed by atoms with Crippen molar-refractivity contribution in [2.75, 3.05) is 39.8 Å². The third kappa shape index (κ3) is 5.00. The third-order valence-corrected chi connectivity index (χ3v) is 5.06. The van der Waals surface area contributed by atoms with E-state index in [1.807, 2.05) is 24.1 Å². The summed E-state index contributed by atoms with van der Waals surface area (Å²) in [6.07, 6.45) is 3.56. The van der Waals surface area contributed by atoms with Crippen LogP contribution in [-0.2, 0) is 4.79 Å². The summed E-state index contributed by atoms with van der Waals surface area (Å²) in [6, 6.07) is 6.46. The van der Waals surface area contributed by atoms with Gasteiger partial charge in [0.25, 0.3) is 0 Å². The van der Waals surface area contributed by atoms with Crippen LogP contribution in [0.25, 0.3) is 0 Å². The van der Waals surface area contributed by atoms with Gasteiger partial charge in [0, 0.05) is 44.6 Å². The van der Waals surface area contributed by atoms with Crippen LogP contribution in [0.5, 0.6) is 0 Å². The van der Waals surface area contributed by atoms with Gasteiger partial charge in [-0.2, -0.15) is 5.26 Å². The Morgan fingerprint density at radius 1 is 1.24 bits per heavy atom. The van der Waals surface area contributed by atoms with Crippen molar-refractivity contribution in [2.45, 2.75) is 32.9 Å². The molecule has 0 radical (unpaired) electrons. The highest BCUT2D eigenvalue weighted by atomic mass is 16.2. The van der Waals surface area contributed by atoms with Crippen LogP contribution >= 0.6 is 0 Å². The minimum Gasteiger partial charge on any atom is -0.339 e. The number of carbonyl (C=O) groups is 1. The third-order valence-electron chi connectivity index (χ3n) is 5.06. The molecule has 1 aromatic rings. The summed E-state index contributed by atoms with van der Waals surface area (Å²) in [6.45, 7) is 9.57. The maximum atomic E-state index is 12.6. The summed E-state index contributed by atoms with van der Waals surface area (Å²) in [5.41, 5.74) is 1.16. The van der Waals surface area contributed by atoms with Crippen LogP contribution in [0.1, 0.15) is 32.4 Å². The van der Waals surface area contributed by atoms with Crippen molar-refractivity contribution in [1.29, 1.82) is 5.26 Å². The summed E-state index contributed by atoms with van der Waals surface area (Å²) in [4.78, 5) is 22.8. The van der Waals surface area contributed by atoms with Gasteiger partial charge in [-0.1, -0.05) is 13.8 Å². The Morgan fingerprint density at radius 2 is 1.84 bits per heavy atom. The Morgan fingerprint density at radius 3 is 2.36 bits per heavy atom. The van der Waals surface area contributed by atoms with Gasteiger partial charge in [0.2, 0.25) is 5.91 Å². The number of likely N-dealkylation sites (N-methyl/N-ethyl adjacent to an activating group) is 1. The van der Waals surface area contributed by atoms with Gasteiger partial charge in [0.05, 0.1) is 12.6 Å². The van der Waals surface area contributed by atoms with Crippen LogP contribution < -0.4 is 0 Å². The number of nitrogens with zero attached hydrogens (tertiary/aromatic N) is 5. The van der Waals surface area contributed by atoms with Crippen molar-refractivity contribution < 1.29 is 4.79 Å². The molecular formula is C19H29N5O. The number of carbonyl (C=O) groups excluding carboxylic acids is 1. The second-order valence-corrected chi connectivity index (χ2v) is 7.11. The van der Waals surface area contributed by atoms with E-state index in [9.17, 15) is 10.1 Å². The van der Waals surface area contributed by atoms with E-state index in [1.54, 1.807) is 12.4 Å². The number of hydrogen-bond acceptors (Lipinski definition) is 5. The zero-order chi connectivity index (χ0) is 18.4. The number of hydrogen-bond donors (Lipinski definition) is 0. The molecule has 0 bridgehead atoms. The lowest BCUT2D eigenvalue weighted by atomic mass is 10.0. The molecule has 136 valence electrons. The highest BCUT2D eigenvalue weighted by Crippen LogP contribution is 2.18. The van der Waals surface area contributed by atoms with E-state index in [0.717, 1.165) is 18.7 Å². The fraction of sp³-hybridized carbons (Fsp3) is 0.632. The smallest absolute Gasteiger partial charge is 0.236 e. The summed E-state index contributed by atoms with van der Waals surface area (Å²) in [5.74, 6) is 0.459. The summed E-state index contributed by atoms with van der Waals surface area (Å²) < 4.78 is 0. The average molecular weight is 343 g/mol. The first-order chi connectivity index (χ1) is 11.9.